The highest BCUT2D eigenvalue weighted by Gasteiger charge is 2.16. The van der Waals surface area contributed by atoms with Gasteiger partial charge in [0.2, 0.25) is 0 Å². The first-order valence-electron chi connectivity index (χ1n) is 5.49. The molecule has 0 radical (unpaired) electrons. The lowest BCUT2D eigenvalue weighted by atomic mass is 10.1. The van der Waals surface area contributed by atoms with Crippen LogP contribution in [0.15, 0.2) is 24.5 Å². The van der Waals surface area contributed by atoms with Crippen molar-refractivity contribution >= 4 is 0 Å². The van der Waals surface area contributed by atoms with Crippen LogP contribution in [0.1, 0.15) is 30.0 Å². The summed E-state index contributed by atoms with van der Waals surface area (Å²) < 4.78 is 15.5. The molecule has 1 atom stereocenters. The van der Waals surface area contributed by atoms with E-state index in [-0.39, 0.29) is 0 Å². The topological polar surface area (TPSA) is 38.0 Å². The van der Waals surface area contributed by atoms with Gasteiger partial charge in [0.05, 0.1) is 23.8 Å². The lowest BCUT2D eigenvalue weighted by Crippen LogP contribution is -2.06. The van der Waals surface area contributed by atoms with E-state index >= 15 is 0 Å². The molecule has 0 fully saturated rings. The van der Waals surface area contributed by atoms with Gasteiger partial charge in [-0.3, -0.25) is 0 Å². The number of aryl methyl sites for hydroxylation is 1. The Hall–Kier alpha value is -1.68. The summed E-state index contributed by atoms with van der Waals surface area (Å²) in [6.07, 6.45) is 0.791. The first-order chi connectivity index (χ1) is 8.02. The third-order valence-corrected chi connectivity index (χ3v) is 2.96. The molecule has 0 saturated heterocycles. The predicted octanol–water partition coefficient (Wildman–Crippen LogP) is 2.68. The Morgan fingerprint density at radius 3 is 2.59 bits per heavy atom. The van der Waals surface area contributed by atoms with Crippen LogP contribution in [0.25, 0.3) is 5.69 Å². The minimum absolute atomic E-state index is 0.299. The molecule has 0 aliphatic carbocycles. The molecule has 0 amide bonds. The van der Waals surface area contributed by atoms with Gasteiger partial charge in [0.15, 0.2) is 0 Å². The SMILES string of the molecule is Cc1ncn(-c2cccc(F)c2[C@H](C)O)c1C. The monoisotopic (exact) mass is 234 g/mol. The van der Waals surface area contributed by atoms with Gasteiger partial charge in [-0.25, -0.2) is 9.37 Å². The first kappa shape index (κ1) is 11.8. The zero-order chi connectivity index (χ0) is 12.6. The van der Waals surface area contributed by atoms with Crippen molar-refractivity contribution in [3.63, 3.8) is 0 Å². The van der Waals surface area contributed by atoms with Crippen LogP contribution in [0.4, 0.5) is 4.39 Å². The van der Waals surface area contributed by atoms with Gasteiger partial charge >= 0.3 is 0 Å². The smallest absolute Gasteiger partial charge is 0.131 e. The molecule has 1 aromatic heterocycles. The van der Waals surface area contributed by atoms with Gasteiger partial charge in [-0.1, -0.05) is 6.07 Å². The van der Waals surface area contributed by atoms with Gasteiger partial charge in [-0.05, 0) is 32.9 Å². The molecule has 90 valence electrons. The molecule has 0 bridgehead atoms. The molecule has 0 aliphatic rings. The lowest BCUT2D eigenvalue weighted by molar-refractivity contribution is 0.194. The number of aromatic nitrogens is 2. The zero-order valence-corrected chi connectivity index (χ0v) is 10.1. The highest BCUT2D eigenvalue weighted by molar-refractivity contribution is 5.44. The second-order valence-corrected chi connectivity index (χ2v) is 4.13. The number of hydrogen-bond donors (Lipinski definition) is 1. The average Bonchev–Trinajstić information content (AvgIpc) is 2.59. The molecule has 0 saturated carbocycles. The summed E-state index contributed by atoms with van der Waals surface area (Å²) in [5.41, 5.74) is 2.77. The van der Waals surface area contributed by atoms with Crippen LogP contribution in [-0.4, -0.2) is 14.7 Å². The molecule has 1 aromatic carbocycles. The van der Waals surface area contributed by atoms with Crippen LogP contribution in [0, 0.1) is 19.7 Å². The summed E-state index contributed by atoms with van der Waals surface area (Å²) in [6, 6.07) is 4.76. The number of aliphatic hydroxyl groups is 1. The number of rotatable bonds is 2. The van der Waals surface area contributed by atoms with Gasteiger partial charge in [-0.15, -0.1) is 0 Å². The zero-order valence-electron chi connectivity index (χ0n) is 10.1. The van der Waals surface area contributed by atoms with Gasteiger partial charge in [-0.2, -0.15) is 0 Å². The van der Waals surface area contributed by atoms with Crippen molar-refractivity contribution in [2.24, 2.45) is 0 Å². The van der Waals surface area contributed by atoms with Gasteiger partial charge < -0.3 is 9.67 Å². The van der Waals surface area contributed by atoms with E-state index in [4.69, 9.17) is 0 Å². The van der Waals surface area contributed by atoms with E-state index in [9.17, 15) is 9.50 Å². The maximum absolute atomic E-state index is 13.7. The first-order valence-corrected chi connectivity index (χ1v) is 5.49. The second-order valence-electron chi connectivity index (χ2n) is 4.13. The van der Waals surface area contributed by atoms with Crippen molar-refractivity contribution in [3.8, 4) is 5.69 Å². The molecule has 0 aliphatic heterocycles. The molecule has 0 unspecified atom stereocenters. The Morgan fingerprint density at radius 2 is 2.06 bits per heavy atom. The van der Waals surface area contributed by atoms with Crippen LogP contribution >= 0.6 is 0 Å². The lowest BCUT2D eigenvalue weighted by Gasteiger charge is -2.14. The van der Waals surface area contributed by atoms with E-state index in [1.807, 2.05) is 13.8 Å². The maximum Gasteiger partial charge on any atom is 0.131 e. The second kappa shape index (κ2) is 4.30. The summed E-state index contributed by atoms with van der Waals surface area (Å²) in [5, 5.41) is 9.67. The molecule has 3 nitrogen and oxygen atoms in total. The Balaban J connectivity index is 2.67. The van der Waals surface area contributed by atoms with Crippen molar-refractivity contribution in [2.45, 2.75) is 26.9 Å². The normalized spacial score (nSPS) is 12.8. The largest absolute Gasteiger partial charge is 0.389 e. The fraction of sp³-hybridized carbons (Fsp3) is 0.308. The van der Waals surface area contributed by atoms with E-state index in [1.54, 1.807) is 30.0 Å². The Labute approximate surface area is 99.5 Å². The quantitative estimate of drug-likeness (QED) is 0.867. The van der Waals surface area contributed by atoms with Crippen LogP contribution in [0.5, 0.6) is 0 Å². The molecular weight excluding hydrogens is 219 g/mol. The molecule has 1 heterocycles. The highest BCUT2D eigenvalue weighted by atomic mass is 19.1. The van der Waals surface area contributed by atoms with Crippen LogP contribution in [-0.2, 0) is 0 Å². The van der Waals surface area contributed by atoms with Crippen LogP contribution < -0.4 is 0 Å². The van der Waals surface area contributed by atoms with Crippen LogP contribution in [0.3, 0.4) is 0 Å². The van der Waals surface area contributed by atoms with Gasteiger partial charge in [0.1, 0.15) is 5.82 Å². The molecule has 0 spiro atoms. The molecule has 17 heavy (non-hydrogen) atoms. The minimum atomic E-state index is -0.853. The van der Waals surface area contributed by atoms with E-state index in [2.05, 4.69) is 4.98 Å². The van der Waals surface area contributed by atoms with Crippen molar-refractivity contribution in [3.05, 3.63) is 47.3 Å². The van der Waals surface area contributed by atoms with E-state index in [0.29, 0.717) is 11.3 Å². The highest BCUT2D eigenvalue weighted by Crippen LogP contribution is 2.26. The number of hydrogen-bond acceptors (Lipinski definition) is 2. The van der Waals surface area contributed by atoms with Gasteiger partial charge in [0, 0.05) is 11.3 Å². The summed E-state index contributed by atoms with van der Waals surface area (Å²) in [4.78, 5) is 4.18. The van der Waals surface area contributed by atoms with E-state index in [1.165, 1.54) is 6.07 Å². The van der Waals surface area contributed by atoms with Crippen molar-refractivity contribution in [2.75, 3.05) is 0 Å². The van der Waals surface area contributed by atoms with Crippen LogP contribution in [0.2, 0.25) is 0 Å². The Kier molecular flexibility index (Phi) is 2.98. The summed E-state index contributed by atoms with van der Waals surface area (Å²) in [7, 11) is 0. The fourth-order valence-corrected chi connectivity index (χ4v) is 1.89. The molecule has 4 heteroatoms. The number of nitrogens with zero attached hydrogens (tertiary/aromatic N) is 2. The number of benzene rings is 1. The minimum Gasteiger partial charge on any atom is -0.389 e. The van der Waals surface area contributed by atoms with Gasteiger partial charge in [0.25, 0.3) is 0 Å². The van der Waals surface area contributed by atoms with E-state index in [0.717, 1.165) is 11.4 Å². The fourth-order valence-electron chi connectivity index (χ4n) is 1.89. The average molecular weight is 234 g/mol. The third kappa shape index (κ3) is 1.96. The summed E-state index contributed by atoms with van der Waals surface area (Å²) in [6.45, 7) is 5.37. The summed E-state index contributed by atoms with van der Waals surface area (Å²) in [5.74, 6) is -0.400. The molecular formula is C13H15FN2O. The van der Waals surface area contributed by atoms with Crippen molar-refractivity contribution < 1.29 is 9.50 Å². The van der Waals surface area contributed by atoms with Crippen molar-refractivity contribution in [1.82, 2.24) is 9.55 Å². The summed E-state index contributed by atoms with van der Waals surface area (Å²) >= 11 is 0. The van der Waals surface area contributed by atoms with Crippen molar-refractivity contribution in [1.29, 1.82) is 0 Å². The molecule has 2 rings (SSSR count). The Morgan fingerprint density at radius 1 is 1.35 bits per heavy atom. The Bertz CT molecular complexity index is 546. The number of aliphatic hydroxyl groups excluding tert-OH is 1. The third-order valence-electron chi connectivity index (χ3n) is 2.96. The molecule has 2 aromatic rings. The number of imidazole rings is 1. The number of halogens is 1. The standard InChI is InChI=1S/C13H15FN2O/c1-8-9(2)16(7-15-8)12-6-4-5-11(14)13(12)10(3)17/h4-7,10,17H,1-3H3/t10-/m0/s1. The molecule has 1 N–H and O–H groups in total. The predicted molar refractivity (Wildman–Crippen MR) is 63.6 cm³/mol. The maximum atomic E-state index is 13.7. The van der Waals surface area contributed by atoms with E-state index < -0.39 is 11.9 Å².